The van der Waals surface area contributed by atoms with E-state index in [-0.39, 0.29) is 17.6 Å². The third-order valence-corrected chi connectivity index (χ3v) is 7.57. The van der Waals surface area contributed by atoms with Crippen molar-refractivity contribution in [3.8, 4) is 5.69 Å². The van der Waals surface area contributed by atoms with Gasteiger partial charge in [-0.25, -0.2) is 4.39 Å². The van der Waals surface area contributed by atoms with Crippen LogP contribution in [0, 0.1) is 11.7 Å². The molecule has 4 heterocycles. The molecule has 0 saturated heterocycles. The summed E-state index contributed by atoms with van der Waals surface area (Å²) < 4.78 is 22.2. The first-order valence-electron chi connectivity index (χ1n) is 11.5. The monoisotopic (exact) mass is 442 g/mol. The molecule has 1 N–H and O–H groups in total. The van der Waals surface area contributed by atoms with Crippen LogP contribution in [0.2, 0.25) is 0 Å². The largest absolute Gasteiger partial charge is 0.479 e. The Hall–Kier alpha value is -3.61. The molecule has 7 heteroatoms. The van der Waals surface area contributed by atoms with Crippen molar-refractivity contribution in [2.75, 3.05) is 13.2 Å². The van der Waals surface area contributed by atoms with E-state index in [1.54, 1.807) is 6.92 Å². The lowest BCUT2D eigenvalue weighted by atomic mass is 9.71. The van der Waals surface area contributed by atoms with Crippen LogP contribution in [0.1, 0.15) is 36.9 Å². The number of ether oxygens (including phenoxy) is 1. The van der Waals surface area contributed by atoms with Crippen molar-refractivity contribution in [2.45, 2.75) is 32.1 Å². The summed E-state index contributed by atoms with van der Waals surface area (Å²) in [5.41, 5.74) is 6.92. The Morgan fingerprint density at radius 3 is 2.88 bits per heavy atom. The minimum absolute atomic E-state index is 0.0308. The molecule has 166 valence electrons. The zero-order valence-electron chi connectivity index (χ0n) is 18.3. The second-order valence-electron chi connectivity index (χ2n) is 9.31. The molecule has 2 aliphatic heterocycles. The fraction of sp³-hybridized carbons (Fsp3) is 0.308. The van der Waals surface area contributed by atoms with Gasteiger partial charge in [-0.05, 0) is 67.1 Å². The molecule has 3 aliphatic rings. The van der Waals surface area contributed by atoms with Crippen LogP contribution in [0.5, 0.6) is 0 Å². The van der Waals surface area contributed by atoms with Gasteiger partial charge in [0.1, 0.15) is 5.82 Å². The van der Waals surface area contributed by atoms with Crippen molar-refractivity contribution in [3.05, 3.63) is 71.1 Å². The van der Waals surface area contributed by atoms with Gasteiger partial charge >= 0.3 is 0 Å². The lowest BCUT2D eigenvalue weighted by Crippen LogP contribution is -2.43. The Morgan fingerprint density at radius 2 is 2.06 bits per heavy atom. The highest BCUT2D eigenvalue weighted by Gasteiger charge is 2.44. The summed E-state index contributed by atoms with van der Waals surface area (Å²) in [5, 5.41) is 9.60. The van der Waals surface area contributed by atoms with Crippen LogP contribution in [0.3, 0.4) is 0 Å². The predicted octanol–water partition coefficient (Wildman–Crippen LogP) is 4.79. The van der Waals surface area contributed by atoms with Crippen LogP contribution in [0.25, 0.3) is 27.5 Å². The summed E-state index contributed by atoms with van der Waals surface area (Å²) in [6.45, 7) is 2.89. The number of fused-ring (bicyclic) bond motifs is 5. The van der Waals surface area contributed by atoms with E-state index in [1.807, 2.05) is 23.2 Å². The van der Waals surface area contributed by atoms with Gasteiger partial charge < -0.3 is 9.30 Å². The maximum absolute atomic E-state index is 13.8. The third kappa shape index (κ3) is 2.59. The first kappa shape index (κ1) is 18.9. The number of rotatable bonds is 1. The van der Waals surface area contributed by atoms with E-state index in [4.69, 9.17) is 4.74 Å². The highest BCUT2D eigenvalue weighted by atomic mass is 19.1. The fourth-order valence-electron chi connectivity index (χ4n) is 6.20. The number of benzene rings is 2. The molecular formula is C26H23FN4O2. The summed E-state index contributed by atoms with van der Waals surface area (Å²) in [4.78, 5) is 14.2. The van der Waals surface area contributed by atoms with Crippen LogP contribution < -0.4 is 0 Å². The Balaban J connectivity index is 1.56. The van der Waals surface area contributed by atoms with Crippen molar-refractivity contribution in [1.29, 1.82) is 0 Å². The van der Waals surface area contributed by atoms with Gasteiger partial charge in [0.05, 0.1) is 23.8 Å². The summed E-state index contributed by atoms with van der Waals surface area (Å²) in [6, 6.07) is 11.1. The van der Waals surface area contributed by atoms with Gasteiger partial charge in [0.2, 0.25) is 5.91 Å². The zero-order chi connectivity index (χ0) is 22.3. The summed E-state index contributed by atoms with van der Waals surface area (Å²) in [6.07, 6.45) is 4.55. The normalized spacial score (nSPS) is 21.8. The highest BCUT2D eigenvalue weighted by molar-refractivity contribution is 5.99. The molecule has 4 aromatic rings. The number of allylic oxidation sites excluding steroid dienone is 1. The average molecular weight is 442 g/mol. The van der Waals surface area contributed by atoms with Gasteiger partial charge in [-0.15, -0.1) is 0 Å². The minimum atomic E-state index is -0.248. The topological polar surface area (TPSA) is 63.2 Å². The number of aromatic amines is 1. The van der Waals surface area contributed by atoms with E-state index in [2.05, 4.69) is 26.9 Å². The van der Waals surface area contributed by atoms with E-state index in [1.165, 1.54) is 34.3 Å². The van der Waals surface area contributed by atoms with Crippen LogP contribution in [-0.4, -0.2) is 38.7 Å². The Morgan fingerprint density at radius 1 is 1.21 bits per heavy atom. The van der Waals surface area contributed by atoms with E-state index < -0.39 is 0 Å². The van der Waals surface area contributed by atoms with Gasteiger partial charge in [-0.3, -0.25) is 14.8 Å². The fourth-order valence-corrected chi connectivity index (χ4v) is 6.20. The van der Waals surface area contributed by atoms with Gasteiger partial charge in [0, 0.05) is 47.1 Å². The first-order chi connectivity index (χ1) is 16.1. The minimum Gasteiger partial charge on any atom is -0.479 e. The third-order valence-electron chi connectivity index (χ3n) is 7.57. The standard InChI is InChI=1S/C26H23FN4O2/c1-14(32)30-8-6-15-10-21-20-12-22-16(13-28-29-22)11-23(20)31(18-4-2-17(27)3-5-18)25(21)19-7-9-33-26(30)24(15)19/h2-5,11-13,15,19H,6-10H2,1H3,(H,28,29). The smallest absolute Gasteiger partial charge is 0.226 e. The number of hydrogen-bond donors (Lipinski definition) is 1. The number of carbonyl (C=O) groups is 1. The van der Waals surface area contributed by atoms with Crippen LogP contribution >= 0.6 is 0 Å². The van der Waals surface area contributed by atoms with Crippen LogP contribution in [-0.2, 0) is 16.0 Å². The SMILES string of the molecule is CC(=O)N1CCC2Cc3c(n(-c4ccc(F)cc4)c4cc5cn[nH]c5cc34)C3CCOC1=C23. The van der Waals surface area contributed by atoms with E-state index >= 15 is 0 Å². The zero-order valence-corrected chi connectivity index (χ0v) is 18.3. The van der Waals surface area contributed by atoms with Gasteiger partial charge in [-0.2, -0.15) is 5.10 Å². The Bertz CT molecular complexity index is 1480. The number of halogens is 1. The number of aromatic nitrogens is 3. The van der Waals surface area contributed by atoms with Crippen LogP contribution in [0.15, 0.2) is 54.1 Å². The molecule has 2 aromatic heterocycles. The van der Waals surface area contributed by atoms with Crippen molar-refractivity contribution >= 4 is 27.7 Å². The second kappa shape index (κ2) is 6.70. The molecule has 1 amide bonds. The molecule has 2 unspecified atom stereocenters. The Kier molecular flexibility index (Phi) is 3.84. The predicted molar refractivity (Wildman–Crippen MR) is 122 cm³/mol. The van der Waals surface area contributed by atoms with Crippen molar-refractivity contribution in [3.63, 3.8) is 0 Å². The van der Waals surface area contributed by atoms with E-state index in [9.17, 15) is 9.18 Å². The van der Waals surface area contributed by atoms with Gasteiger partial charge in [0.25, 0.3) is 0 Å². The number of carbonyl (C=O) groups excluding carboxylic acids is 1. The molecule has 1 aliphatic carbocycles. The van der Waals surface area contributed by atoms with Gasteiger partial charge in [0.15, 0.2) is 5.88 Å². The van der Waals surface area contributed by atoms with E-state index in [0.29, 0.717) is 19.1 Å². The molecule has 0 spiro atoms. The number of nitrogens with one attached hydrogen (secondary N) is 1. The van der Waals surface area contributed by atoms with Crippen LogP contribution in [0.4, 0.5) is 4.39 Å². The molecule has 0 saturated carbocycles. The van der Waals surface area contributed by atoms with Crippen molar-refractivity contribution in [1.82, 2.24) is 19.7 Å². The number of amides is 1. The highest BCUT2D eigenvalue weighted by Crippen LogP contribution is 2.52. The maximum Gasteiger partial charge on any atom is 0.226 e. The molecule has 0 fully saturated rings. The van der Waals surface area contributed by atoms with Crippen molar-refractivity contribution in [2.24, 2.45) is 5.92 Å². The number of hydrogen-bond acceptors (Lipinski definition) is 3. The quantitative estimate of drug-likeness (QED) is 0.461. The summed E-state index contributed by atoms with van der Waals surface area (Å²) in [7, 11) is 0. The molecule has 2 atom stereocenters. The molecule has 0 radical (unpaired) electrons. The van der Waals surface area contributed by atoms with Gasteiger partial charge in [-0.1, -0.05) is 0 Å². The van der Waals surface area contributed by atoms with E-state index in [0.717, 1.165) is 47.3 Å². The summed E-state index contributed by atoms with van der Waals surface area (Å²) in [5.74, 6) is 1.08. The lowest BCUT2D eigenvalue weighted by Gasteiger charge is -2.44. The summed E-state index contributed by atoms with van der Waals surface area (Å²) >= 11 is 0. The first-order valence-corrected chi connectivity index (χ1v) is 11.5. The number of H-pyrrole nitrogens is 1. The number of nitrogens with zero attached hydrogens (tertiary/aromatic N) is 3. The molecule has 33 heavy (non-hydrogen) atoms. The molecule has 0 bridgehead atoms. The maximum atomic E-state index is 13.8. The Labute approximate surface area is 189 Å². The average Bonchev–Trinajstić information content (AvgIpc) is 3.40. The molecular weight excluding hydrogens is 419 g/mol. The molecule has 7 rings (SSSR count). The van der Waals surface area contributed by atoms with Crippen molar-refractivity contribution < 1.29 is 13.9 Å². The lowest BCUT2D eigenvalue weighted by molar-refractivity contribution is -0.131. The second-order valence-corrected chi connectivity index (χ2v) is 9.31. The molecule has 2 aromatic carbocycles. The molecule has 6 nitrogen and oxygen atoms in total.